The van der Waals surface area contributed by atoms with E-state index in [2.05, 4.69) is 16.5 Å². The molecule has 0 aromatic heterocycles. The van der Waals surface area contributed by atoms with Crippen molar-refractivity contribution in [3.05, 3.63) is 29.3 Å². The summed E-state index contributed by atoms with van der Waals surface area (Å²) >= 11 is 0. The minimum absolute atomic E-state index is 0.922. The van der Waals surface area contributed by atoms with Crippen LogP contribution in [0.1, 0.15) is 11.1 Å². The summed E-state index contributed by atoms with van der Waals surface area (Å²) in [5.41, 5.74) is 3.42. The van der Waals surface area contributed by atoms with Crippen LogP contribution in [0.15, 0.2) is 23.4 Å². The quantitative estimate of drug-likeness (QED) is 0.373. The van der Waals surface area contributed by atoms with Gasteiger partial charge in [-0.25, -0.2) is 0 Å². The Morgan fingerprint density at radius 1 is 1.50 bits per heavy atom. The third-order valence-electron chi connectivity index (χ3n) is 2.05. The molecular formula is C9H10N2O. The number of hydrogen-bond acceptors (Lipinski definition) is 3. The molecule has 0 saturated carbocycles. The van der Waals surface area contributed by atoms with Gasteiger partial charge >= 0.3 is 0 Å². The molecule has 0 radical (unpaired) electrons. The minimum Gasteiger partial charge on any atom is -0.411 e. The van der Waals surface area contributed by atoms with Crippen LogP contribution in [0.2, 0.25) is 0 Å². The zero-order chi connectivity index (χ0) is 8.39. The average Bonchev–Trinajstić information content (AvgIpc) is 2.51. The Morgan fingerprint density at radius 3 is 3.25 bits per heavy atom. The van der Waals surface area contributed by atoms with E-state index in [0.717, 1.165) is 24.2 Å². The lowest BCUT2D eigenvalue weighted by atomic mass is 10.1. The van der Waals surface area contributed by atoms with Gasteiger partial charge in [-0.2, -0.15) is 0 Å². The van der Waals surface area contributed by atoms with E-state index >= 15 is 0 Å². The molecule has 3 nitrogen and oxygen atoms in total. The van der Waals surface area contributed by atoms with Gasteiger partial charge in [0.25, 0.3) is 0 Å². The summed E-state index contributed by atoms with van der Waals surface area (Å²) in [5.74, 6) is 0. The molecule has 0 aliphatic carbocycles. The smallest absolute Gasteiger partial charge is 0.0734 e. The van der Waals surface area contributed by atoms with Crippen LogP contribution in [0.5, 0.6) is 0 Å². The summed E-state index contributed by atoms with van der Waals surface area (Å²) < 4.78 is 0. The van der Waals surface area contributed by atoms with Gasteiger partial charge in [-0.05, 0) is 23.6 Å². The number of nitrogens with zero attached hydrogens (tertiary/aromatic N) is 1. The van der Waals surface area contributed by atoms with Crippen LogP contribution in [0, 0.1) is 0 Å². The highest BCUT2D eigenvalue weighted by Crippen LogP contribution is 2.22. The summed E-state index contributed by atoms with van der Waals surface area (Å²) in [6.45, 7) is 1.01. The number of fused-ring (bicyclic) bond motifs is 1. The van der Waals surface area contributed by atoms with Gasteiger partial charge in [0.05, 0.1) is 6.21 Å². The SMILES string of the molecule is ON=Cc1ccc2c(c1)NCC2. The molecule has 1 aromatic carbocycles. The molecule has 1 aliphatic heterocycles. The number of nitrogens with one attached hydrogen (secondary N) is 1. The summed E-state index contributed by atoms with van der Waals surface area (Å²) in [4.78, 5) is 0. The van der Waals surface area contributed by atoms with Crippen LogP contribution in [0.25, 0.3) is 0 Å². The van der Waals surface area contributed by atoms with Gasteiger partial charge in [-0.3, -0.25) is 0 Å². The third-order valence-corrected chi connectivity index (χ3v) is 2.05. The first kappa shape index (κ1) is 7.16. The van der Waals surface area contributed by atoms with Crippen LogP contribution in [-0.2, 0) is 6.42 Å². The standard InChI is InChI=1S/C9H10N2O/c12-11-6-7-1-2-8-3-4-10-9(8)5-7/h1-2,5-6,10,12H,3-4H2. The summed E-state index contributed by atoms with van der Waals surface area (Å²) in [5, 5.41) is 14.6. The molecule has 0 atom stereocenters. The molecule has 12 heavy (non-hydrogen) atoms. The highest BCUT2D eigenvalue weighted by molar-refractivity contribution is 5.81. The maximum absolute atomic E-state index is 8.32. The summed E-state index contributed by atoms with van der Waals surface area (Å²) in [6, 6.07) is 6.00. The van der Waals surface area contributed by atoms with E-state index in [1.807, 2.05) is 12.1 Å². The molecule has 0 amide bonds. The second kappa shape index (κ2) is 2.85. The summed E-state index contributed by atoms with van der Waals surface area (Å²) in [7, 11) is 0. The van der Waals surface area contributed by atoms with E-state index in [0.29, 0.717) is 0 Å². The van der Waals surface area contributed by atoms with Crippen LogP contribution in [-0.4, -0.2) is 18.0 Å². The Morgan fingerprint density at radius 2 is 2.42 bits per heavy atom. The predicted molar refractivity (Wildman–Crippen MR) is 48.0 cm³/mol. The van der Waals surface area contributed by atoms with Crippen molar-refractivity contribution >= 4 is 11.9 Å². The molecule has 1 aromatic rings. The number of rotatable bonds is 1. The fraction of sp³-hybridized carbons (Fsp3) is 0.222. The molecule has 1 aliphatic rings. The van der Waals surface area contributed by atoms with Crippen molar-refractivity contribution in [1.29, 1.82) is 0 Å². The fourth-order valence-corrected chi connectivity index (χ4v) is 1.46. The molecule has 0 spiro atoms. The van der Waals surface area contributed by atoms with Gasteiger partial charge in [0, 0.05) is 12.2 Å². The molecule has 2 N–H and O–H groups in total. The van der Waals surface area contributed by atoms with Crippen molar-refractivity contribution < 1.29 is 5.21 Å². The lowest BCUT2D eigenvalue weighted by molar-refractivity contribution is 0.322. The first-order valence-electron chi connectivity index (χ1n) is 3.94. The Kier molecular flexibility index (Phi) is 1.70. The van der Waals surface area contributed by atoms with Crippen molar-refractivity contribution in [3.63, 3.8) is 0 Å². The van der Waals surface area contributed by atoms with E-state index in [4.69, 9.17) is 5.21 Å². The molecular weight excluding hydrogens is 152 g/mol. The monoisotopic (exact) mass is 162 g/mol. The molecule has 0 fully saturated rings. The van der Waals surface area contributed by atoms with Crippen molar-refractivity contribution in [2.75, 3.05) is 11.9 Å². The molecule has 0 saturated heterocycles. The molecule has 62 valence electrons. The summed E-state index contributed by atoms with van der Waals surface area (Å²) in [6.07, 6.45) is 2.52. The lowest BCUT2D eigenvalue weighted by Crippen LogP contribution is -1.91. The van der Waals surface area contributed by atoms with Crippen LogP contribution < -0.4 is 5.32 Å². The zero-order valence-electron chi connectivity index (χ0n) is 6.62. The third kappa shape index (κ3) is 1.13. The van der Waals surface area contributed by atoms with Gasteiger partial charge in [0.1, 0.15) is 0 Å². The molecule has 1 heterocycles. The molecule has 3 heteroatoms. The van der Waals surface area contributed by atoms with Gasteiger partial charge in [0.2, 0.25) is 0 Å². The van der Waals surface area contributed by atoms with E-state index < -0.39 is 0 Å². The fourth-order valence-electron chi connectivity index (χ4n) is 1.46. The van der Waals surface area contributed by atoms with Crippen LogP contribution >= 0.6 is 0 Å². The molecule has 2 rings (SSSR count). The van der Waals surface area contributed by atoms with Gasteiger partial charge in [0.15, 0.2) is 0 Å². The van der Waals surface area contributed by atoms with Crippen LogP contribution in [0.3, 0.4) is 0 Å². The Hall–Kier alpha value is -1.51. The maximum atomic E-state index is 8.32. The van der Waals surface area contributed by atoms with E-state index in [9.17, 15) is 0 Å². The van der Waals surface area contributed by atoms with Crippen molar-refractivity contribution in [3.8, 4) is 0 Å². The highest BCUT2D eigenvalue weighted by atomic mass is 16.4. The topological polar surface area (TPSA) is 44.6 Å². The molecule has 0 unspecified atom stereocenters. The Balaban J connectivity index is 2.38. The normalized spacial score (nSPS) is 14.7. The van der Waals surface area contributed by atoms with Crippen molar-refractivity contribution in [1.82, 2.24) is 0 Å². The van der Waals surface area contributed by atoms with Crippen LogP contribution in [0.4, 0.5) is 5.69 Å². The number of oxime groups is 1. The largest absolute Gasteiger partial charge is 0.411 e. The number of benzene rings is 1. The number of anilines is 1. The maximum Gasteiger partial charge on any atom is 0.0734 e. The highest BCUT2D eigenvalue weighted by Gasteiger charge is 2.08. The predicted octanol–water partition coefficient (Wildman–Crippen LogP) is 1.46. The van der Waals surface area contributed by atoms with Gasteiger partial charge in [-0.1, -0.05) is 17.3 Å². The average molecular weight is 162 g/mol. The minimum atomic E-state index is 0.922. The van der Waals surface area contributed by atoms with Gasteiger partial charge in [-0.15, -0.1) is 0 Å². The first-order valence-corrected chi connectivity index (χ1v) is 3.94. The Labute approximate surface area is 70.7 Å². The van der Waals surface area contributed by atoms with E-state index in [-0.39, 0.29) is 0 Å². The lowest BCUT2D eigenvalue weighted by Gasteiger charge is -1.99. The van der Waals surface area contributed by atoms with E-state index in [1.165, 1.54) is 11.8 Å². The van der Waals surface area contributed by atoms with Crippen molar-refractivity contribution in [2.45, 2.75) is 6.42 Å². The first-order chi connectivity index (χ1) is 5.90. The number of hydrogen-bond donors (Lipinski definition) is 2. The Bertz CT molecular complexity index is 320. The zero-order valence-corrected chi connectivity index (χ0v) is 6.62. The second-order valence-electron chi connectivity index (χ2n) is 2.84. The van der Waals surface area contributed by atoms with Crippen molar-refractivity contribution in [2.24, 2.45) is 5.16 Å². The van der Waals surface area contributed by atoms with E-state index in [1.54, 1.807) is 0 Å². The van der Waals surface area contributed by atoms with Gasteiger partial charge < -0.3 is 10.5 Å². The molecule has 0 bridgehead atoms. The second-order valence-corrected chi connectivity index (χ2v) is 2.84.